The van der Waals surface area contributed by atoms with Crippen LogP contribution < -0.4 is 15.5 Å². The van der Waals surface area contributed by atoms with Gasteiger partial charge in [-0.3, -0.25) is 4.79 Å². The van der Waals surface area contributed by atoms with E-state index in [4.69, 9.17) is 0 Å². The monoisotopic (exact) mass is 289 g/mol. The zero-order valence-electron chi connectivity index (χ0n) is 13.4. The van der Waals surface area contributed by atoms with E-state index in [1.165, 1.54) is 16.8 Å². The Morgan fingerprint density at radius 2 is 2.24 bits per heavy atom. The number of hydrogen-bond acceptors (Lipinski definition) is 3. The minimum absolute atomic E-state index is 0.129. The molecular weight excluding hydrogens is 262 g/mol. The van der Waals surface area contributed by atoms with Crippen molar-refractivity contribution in [3.05, 3.63) is 29.3 Å². The molecule has 1 aromatic carbocycles. The second-order valence-corrected chi connectivity index (χ2v) is 5.68. The van der Waals surface area contributed by atoms with Gasteiger partial charge in [-0.15, -0.1) is 0 Å². The van der Waals surface area contributed by atoms with Crippen molar-refractivity contribution in [3.8, 4) is 0 Å². The molecule has 0 saturated heterocycles. The summed E-state index contributed by atoms with van der Waals surface area (Å²) >= 11 is 0. The fourth-order valence-electron chi connectivity index (χ4n) is 2.97. The summed E-state index contributed by atoms with van der Waals surface area (Å²) < 4.78 is 0. The number of hydrogen-bond donors (Lipinski definition) is 2. The number of benzene rings is 1. The predicted octanol–water partition coefficient (Wildman–Crippen LogP) is 2.25. The van der Waals surface area contributed by atoms with Crippen molar-refractivity contribution in [1.29, 1.82) is 0 Å². The number of nitrogens with one attached hydrogen (secondary N) is 2. The first-order valence-electron chi connectivity index (χ1n) is 7.97. The van der Waals surface area contributed by atoms with Crippen LogP contribution in [0.1, 0.15) is 43.9 Å². The lowest BCUT2D eigenvalue weighted by Crippen LogP contribution is -2.24. The van der Waals surface area contributed by atoms with Gasteiger partial charge < -0.3 is 15.5 Å². The maximum atomic E-state index is 11.3. The molecule has 2 N–H and O–H groups in total. The molecule has 1 unspecified atom stereocenters. The number of amides is 1. The molecule has 0 radical (unpaired) electrons. The van der Waals surface area contributed by atoms with Crippen LogP contribution in [0.5, 0.6) is 0 Å². The fourth-order valence-corrected chi connectivity index (χ4v) is 2.97. The molecule has 1 heterocycles. The molecule has 0 saturated carbocycles. The van der Waals surface area contributed by atoms with Gasteiger partial charge in [-0.05, 0) is 43.5 Å². The molecule has 4 heteroatoms. The number of rotatable bonds is 7. The first kappa shape index (κ1) is 15.8. The molecule has 0 bridgehead atoms. The smallest absolute Gasteiger partial charge is 0.219 e. The third-order valence-electron chi connectivity index (χ3n) is 4.22. The van der Waals surface area contributed by atoms with Crippen LogP contribution in [0.2, 0.25) is 0 Å². The van der Waals surface area contributed by atoms with Gasteiger partial charge in [0.2, 0.25) is 5.91 Å². The predicted molar refractivity (Wildman–Crippen MR) is 87.8 cm³/mol. The highest BCUT2D eigenvalue weighted by molar-refractivity contribution is 5.75. The largest absolute Gasteiger partial charge is 0.371 e. The highest BCUT2D eigenvalue weighted by atomic mass is 16.1. The molecule has 0 spiro atoms. The Bertz CT molecular complexity index is 487. The minimum Gasteiger partial charge on any atom is -0.371 e. The third-order valence-corrected chi connectivity index (χ3v) is 4.22. The Labute approximate surface area is 127 Å². The normalized spacial score (nSPS) is 14.9. The van der Waals surface area contributed by atoms with E-state index in [-0.39, 0.29) is 5.91 Å². The first-order valence-corrected chi connectivity index (χ1v) is 7.97. The lowest BCUT2D eigenvalue weighted by Gasteiger charge is -2.20. The molecule has 1 aliphatic rings. The van der Waals surface area contributed by atoms with E-state index in [0.717, 1.165) is 32.5 Å². The molecule has 21 heavy (non-hydrogen) atoms. The van der Waals surface area contributed by atoms with E-state index < -0.39 is 0 Å². The lowest BCUT2D eigenvalue weighted by molar-refractivity contribution is -0.120. The van der Waals surface area contributed by atoms with Crippen molar-refractivity contribution in [2.45, 2.75) is 39.2 Å². The van der Waals surface area contributed by atoms with Crippen molar-refractivity contribution in [2.24, 2.45) is 0 Å². The summed E-state index contributed by atoms with van der Waals surface area (Å²) in [5.41, 5.74) is 4.15. The van der Waals surface area contributed by atoms with E-state index in [0.29, 0.717) is 12.5 Å². The molecule has 0 fully saturated rings. The summed E-state index contributed by atoms with van der Waals surface area (Å²) in [4.78, 5) is 13.7. The second-order valence-electron chi connectivity index (χ2n) is 5.68. The van der Waals surface area contributed by atoms with Crippen LogP contribution in [0, 0.1) is 0 Å². The van der Waals surface area contributed by atoms with E-state index >= 15 is 0 Å². The van der Waals surface area contributed by atoms with Crippen LogP contribution >= 0.6 is 0 Å². The summed E-state index contributed by atoms with van der Waals surface area (Å²) in [6.07, 6.45) is 2.63. The van der Waals surface area contributed by atoms with Gasteiger partial charge in [0.1, 0.15) is 0 Å². The maximum Gasteiger partial charge on any atom is 0.219 e. The van der Waals surface area contributed by atoms with Crippen molar-refractivity contribution in [3.63, 3.8) is 0 Å². The van der Waals surface area contributed by atoms with Gasteiger partial charge >= 0.3 is 0 Å². The van der Waals surface area contributed by atoms with Crippen LogP contribution in [0.3, 0.4) is 0 Å². The van der Waals surface area contributed by atoms with E-state index in [2.05, 4.69) is 47.6 Å². The van der Waals surface area contributed by atoms with Crippen molar-refractivity contribution in [2.75, 3.05) is 31.6 Å². The summed E-state index contributed by atoms with van der Waals surface area (Å²) in [5.74, 6) is 0.129. The number of carbonyl (C=O) groups is 1. The Hall–Kier alpha value is -1.55. The molecule has 0 aromatic heterocycles. The van der Waals surface area contributed by atoms with E-state index in [9.17, 15) is 4.79 Å². The van der Waals surface area contributed by atoms with Gasteiger partial charge in [0.15, 0.2) is 0 Å². The lowest BCUT2D eigenvalue weighted by atomic mass is 10.0. The maximum absolute atomic E-state index is 11.3. The van der Waals surface area contributed by atoms with Gasteiger partial charge in [-0.2, -0.15) is 0 Å². The van der Waals surface area contributed by atoms with Crippen LogP contribution in [-0.2, 0) is 11.2 Å². The zero-order chi connectivity index (χ0) is 15.2. The SMILES string of the molecule is CCNC(C)c1ccc2c(c1)CCN2CCCC(=O)NC. The van der Waals surface area contributed by atoms with Gasteiger partial charge in [0.05, 0.1) is 0 Å². The van der Waals surface area contributed by atoms with E-state index in [1.807, 2.05) is 0 Å². The van der Waals surface area contributed by atoms with Gasteiger partial charge in [-0.1, -0.05) is 19.1 Å². The van der Waals surface area contributed by atoms with Crippen LogP contribution in [-0.4, -0.2) is 32.6 Å². The Balaban J connectivity index is 1.96. The fraction of sp³-hybridized carbons (Fsp3) is 0.588. The van der Waals surface area contributed by atoms with Crippen LogP contribution in [0.15, 0.2) is 18.2 Å². The first-order chi connectivity index (χ1) is 10.2. The van der Waals surface area contributed by atoms with Crippen molar-refractivity contribution >= 4 is 11.6 Å². The standard InChI is InChI=1S/C17H27N3O/c1-4-19-13(2)14-7-8-16-15(12-14)9-11-20(16)10-5-6-17(21)18-3/h7-8,12-13,19H,4-6,9-11H2,1-3H3,(H,18,21). The summed E-state index contributed by atoms with van der Waals surface area (Å²) in [5, 5.41) is 6.14. The number of carbonyl (C=O) groups excluding carboxylic acids is 1. The Morgan fingerprint density at radius 3 is 2.95 bits per heavy atom. The molecule has 1 atom stereocenters. The minimum atomic E-state index is 0.129. The molecule has 0 aliphatic carbocycles. The number of fused-ring (bicyclic) bond motifs is 1. The molecule has 1 amide bonds. The van der Waals surface area contributed by atoms with E-state index in [1.54, 1.807) is 7.05 Å². The summed E-state index contributed by atoms with van der Waals surface area (Å²) in [6, 6.07) is 7.21. The van der Waals surface area contributed by atoms with Crippen molar-refractivity contribution in [1.82, 2.24) is 10.6 Å². The third kappa shape index (κ3) is 3.97. The average Bonchev–Trinajstić information content (AvgIpc) is 2.89. The van der Waals surface area contributed by atoms with Gasteiger partial charge in [0, 0.05) is 38.3 Å². The molecule has 1 aromatic rings. The van der Waals surface area contributed by atoms with Crippen LogP contribution in [0.4, 0.5) is 5.69 Å². The summed E-state index contributed by atoms with van der Waals surface area (Å²) in [6.45, 7) is 7.37. The number of nitrogens with zero attached hydrogens (tertiary/aromatic N) is 1. The molecule has 116 valence electrons. The zero-order valence-corrected chi connectivity index (χ0v) is 13.4. The highest BCUT2D eigenvalue weighted by Crippen LogP contribution is 2.30. The topological polar surface area (TPSA) is 44.4 Å². The molecular formula is C17H27N3O. The number of anilines is 1. The highest BCUT2D eigenvalue weighted by Gasteiger charge is 2.19. The van der Waals surface area contributed by atoms with Crippen LogP contribution in [0.25, 0.3) is 0 Å². The Morgan fingerprint density at radius 1 is 1.43 bits per heavy atom. The summed E-state index contributed by atoms with van der Waals surface area (Å²) in [7, 11) is 1.69. The molecule has 2 rings (SSSR count). The molecule has 4 nitrogen and oxygen atoms in total. The molecule has 1 aliphatic heterocycles. The van der Waals surface area contributed by atoms with Gasteiger partial charge in [-0.25, -0.2) is 0 Å². The Kier molecular flexibility index (Phi) is 5.62. The van der Waals surface area contributed by atoms with Crippen molar-refractivity contribution < 1.29 is 4.79 Å². The quantitative estimate of drug-likeness (QED) is 0.809. The second kappa shape index (κ2) is 7.46. The average molecular weight is 289 g/mol. The van der Waals surface area contributed by atoms with Gasteiger partial charge in [0.25, 0.3) is 0 Å².